The number of nitrogens with two attached hydrogens (primary N) is 1. The van der Waals surface area contributed by atoms with Crippen molar-refractivity contribution >= 4 is 6.03 Å². The molecule has 0 aromatic carbocycles. The molecule has 1 aromatic heterocycles. The number of carbonyl (C=O) groups is 1. The number of amides is 2. The van der Waals surface area contributed by atoms with Crippen molar-refractivity contribution < 1.29 is 4.79 Å². The molecule has 2 amide bonds. The second kappa shape index (κ2) is 3.25. The molecule has 5 nitrogen and oxygen atoms in total. The fraction of sp³-hybridized carbons (Fsp3) is 0.429. The van der Waals surface area contributed by atoms with E-state index in [0.717, 1.165) is 5.56 Å². The number of primary amides is 1. The fourth-order valence-corrected chi connectivity index (χ4v) is 0.960. The Balaban J connectivity index is 2.64. The van der Waals surface area contributed by atoms with E-state index in [1.54, 1.807) is 10.9 Å². The third-order valence-electron chi connectivity index (χ3n) is 1.58. The van der Waals surface area contributed by atoms with E-state index in [4.69, 9.17) is 5.73 Å². The second-order valence-electron chi connectivity index (χ2n) is 2.68. The lowest BCUT2D eigenvalue weighted by Gasteiger charge is -2.08. The number of rotatable bonds is 2. The number of hydrogen-bond acceptors (Lipinski definition) is 2. The zero-order valence-electron chi connectivity index (χ0n) is 7.11. The molecule has 0 saturated heterocycles. The SMILES string of the molecule is C[C@@H](NC(N)=O)c1cnn(C)c1. The third-order valence-corrected chi connectivity index (χ3v) is 1.58. The summed E-state index contributed by atoms with van der Waals surface area (Å²) in [4.78, 5) is 10.5. The first-order chi connectivity index (χ1) is 5.59. The molecule has 0 aliphatic rings. The van der Waals surface area contributed by atoms with Crippen molar-refractivity contribution in [3.8, 4) is 0 Å². The molecule has 1 rings (SSSR count). The average Bonchev–Trinajstić information content (AvgIpc) is 2.34. The van der Waals surface area contributed by atoms with Crippen LogP contribution < -0.4 is 11.1 Å². The van der Waals surface area contributed by atoms with E-state index in [1.807, 2.05) is 20.2 Å². The topological polar surface area (TPSA) is 72.9 Å². The molecule has 0 radical (unpaired) electrons. The number of urea groups is 1. The van der Waals surface area contributed by atoms with Crippen molar-refractivity contribution in [2.24, 2.45) is 12.8 Å². The molecule has 5 heteroatoms. The number of hydrogen-bond donors (Lipinski definition) is 2. The van der Waals surface area contributed by atoms with Gasteiger partial charge in [-0.15, -0.1) is 0 Å². The first-order valence-corrected chi connectivity index (χ1v) is 3.64. The summed E-state index contributed by atoms with van der Waals surface area (Å²) in [6.45, 7) is 1.85. The van der Waals surface area contributed by atoms with Crippen LogP contribution in [0.15, 0.2) is 12.4 Å². The molecule has 0 saturated carbocycles. The Kier molecular flexibility index (Phi) is 2.32. The maximum Gasteiger partial charge on any atom is 0.312 e. The lowest BCUT2D eigenvalue weighted by molar-refractivity contribution is 0.246. The Labute approximate surface area is 70.5 Å². The maximum absolute atomic E-state index is 10.5. The van der Waals surface area contributed by atoms with Gasteiger partial charge in [-0.05, 0) is 6.92 Å². The highest BCUT2D eigenvalue weighted by atomic mass is 16.2. The minimum Gasteiger partial charge on any atom is -0.352 e. The van der Waals surface area contributed by atoms with Crippen LogP contribution in [-0.2, 0) is 7.05 Å². The third kappa shape index (κ3) is 1.98. The van der Waals surface area contributed by atoms with Crippen molar-refractivity contribution in [2.75, 3.05) is 0 Å². The summed E-state index contributed by atoms with van der Waals surface area (Å²) in [5, 5.41) is 6.53. The summed E-state index contributed by atoms with van der Waals surface area (Å²) in [7, 11) is 1.82. The fourth-order valence-electron chi connectivity index (χ4n) is 0.960. The molecule has 0 spiro atoms. The Morgan fingerprint density at radius 1 is 1.83 bits per heavy atom. The largest absolute Gasteiger partial charge is 0.352 e. The molecule has 66 valence electrons. The van der Waals surface area contributed by atoms with Crippen LogP contribution in [0.4, 0.5) is 4.79 Å². The minimum absolute atomic E-state index is 0.0869. The molecule has 0 bridgehead atoms. The van der Waals surface area contributed by atoms with Crippen molar-refractivity contribution in [1.29, 1.82) is 0 Å². The molecular weight excluding hydrogens is 156 g/mol. The zero-order valence-corrected chi connectivity index (χ0v) is 7.11. The Morgan fingerprint density at radius 3 is 2.92 bits per heavy atom. The van der Waals surface area contributed by atoms with Crippen LogP contribution in [0.5, 0.6) is 0 Å². The molecule has 0 aliphatic carbocycles. The predicted molar refractivity (Wildman–Crippen MR) is 44.3 cm³/mol. The van der Waals surface area contributed by atoms with E-state index in [0.29, 0.717) is 0 Å². The van der Waals surface area contributed by atoms with Gasteiger partial charge >= 0.3 is 6.03 Å². The second-order valence-corrected chi connectivity index (χ2v) is 2.68. The van der Waals surface area contributed by atoms with Crippen molar-refractivity contribution in [2.45, 2.75) is 13.0 Å². The van der Waals surface area contributed by atoms with Crippen LogP contribution in [0.2, 0.25) is 0 Å². The molecule has 0 aliphatic heterocycles. The molecule has 1 atom stereocenters. The highest BCUT2D eigenvalue weighted by Crippen LogP contribution is 2.09. The summed E-state index contributed by atoms with van der Waals surface area (Å²) < 4.78 is 1.68. The van der Waals surface area contributed by atoms with Gasteiger partial charge in [0.15, 0.2) is 0 Å². The highest BCUT2D eigenvalue weighted by molar-refractivity contribution is 5.72. The van der Waals surface area contributed by atoms with Crippen LogP contribution in [0.25, 0.3) is 0 Å². The van der Waals surface area contributed by atoms with E-state index in [2.05, 4.69) is 10.4 Å². The van der Waals surface area contributed by atoms with Gasteiger partial charge in [0.2, 0.25) is 0 Å². The van der Waals surface area contributed by atoms with Gasteiger partial charge < -0.3 is 11.1 Å². The predicted octanol–water partition coefficient (Wildman–Crippen LogP) is 0.149. The minimum atomic E-state index is -0.522. The van der Waals surface area contributed by atoms with E-state index < -0.39 is 6.03 Å². The van der Waals surface area contributed by atoms with E-state index in [9.17, 15) is 4.79 Å². The number of aromatic nitrogens is 2. The summed E-state index contributed by atoms with van der Waals surface area (Å²) in [6.07, 6.45) is 3.53. The van der Waals surface area contributed by atoms with Crippen LogP contribution in [0.3, 0.4) is 0 Å². The number of aryl methyl sites for hydroxylation is 1. The van der Waals surface area contributed by atoms with Gasteiger partial charge in [0, 0.05) is 18.8 Å². The average molecular weight is 168 g/mol. The normalized spacial score (nSPS) is 12.5. The number of nitrogens with zero attached hydrogens (tertiary/aromatic N) is 2. The van der Waals surface area contributed by atoms with Crippen LogP contribution >= 0.6 is 0 Å². The Hall–Kier alpha value is -1.52. The van der Waals surface area contributed by atoms with Gasteiger partial charge in [0.1, 0.15) is 0 Å². The van der Waals surface area contributed by atoms with E-state index in [-0.39, 0.29) is 6.04 Å². The van der Waals surface area contributed by atoms with Gasteiger partial charge in [0.05, 0.1) is 12.2 Å². The zero-order chi connectivity index (χ0) is 9.14. The van der Waals surface area contributed by atoms with Crippen LogP contribution in [0.1, 0.15) is 18.5 Å². The van der Waals surface area contributed by atoms with E-state index >= 15 is 0 Å². The van der Waals surface area contributed by atoms with Gasteiger partial charge in [-0.25, -0.2) is 4.79 Å². The molecule has 3 N–H and O–H groups in total. The first kappa shape index (κ1) is 8.58. The van der Waals surface area contributed by atoms with Gasteiger partial charge in [0.25, 0.3) is 0 Å². The van der Waals surface area contributed by atoms with Crippen molar-refractivity contribution in [1.82, 2.24) is 15.1 Å². The van der Waals surface area contributed by atoms with Crippen LogP contribution in [0, 0.1) is 0 Å². The first-order valence-electron chi connectivity index (χ1n) is 3.64. The van der Waals surface area contributed by atoms with Crippen molar-refractivity contribution in [3.05, 3.63) is 18.0 Å². The summed E-state index contributed by atoms with van der Waals surface area (Å²) in [5.74, 6) is 0. The molecular formula is C7H12N4O. The maximum atomic E-state index is 10.5. The lowest BCUT2D eigenvalue weighted by atomic mass is 10.2. The summed E-state index contributed by atoms with van der Waals surface area (Å²) in [6, 6.07) is -0.609. The van der Waals surface area contributed by atoms with Gasteiger partial charge in [-0.3, -0.25) is 4.68 Å². The molecule has 12 heavy (non-hydrogen) atoms. The number of carbonyl (C=O) groups excluding carboxylic acids is 1. The smallest absolute Gasteiger partial charge is 0.312 e. The van der Waals surface area contributed by atoms with E-state index in [1.165, 1.54) is 0 Å². The summed E-state index contributed by atoms with van der Waals surface area (Å²) >= 11 is 0. The molecule has 0 unspecified atom stereocenters. The highest BCUT2D eigenvalue weighted by Gasteiger charge is 2.07. The Bertz CT molecular complexity index is 281. The van der Waals surface area contributed by atoms with Gasteiger partial charge in [-0.2, -0.15) is 5.10 Å². The molecule has 0 fully saturated rings. The monoisotopic (exact) mass is 168 g/mol. The lowest BCUT2D eigenvalue weighted by Crippen LogP contribution is -2.31. The quantitative estimate of drug-likeness (QED) is 0.659. The van der Waals surface area contributed by atoms with Crippen LogP contribution in [-0.4, -0.2) is 15.8 Å². The summed E-state index contributed by atoms with van der Waals surface area (Å²) in [5.41, 5.74) is 5.90. The number of nitrogens with one attached hydrogen (secondary N) is 1. The van der Waals surface area contributed by atoms with Crippen molar-refractivity contribution in [3.63, 3.8) is 0 Å². The Morgan fingerprint density at radius 2 is 2.50 bits per heavy atom. The molecule has 1 aromatic rings. The molecule has 1 heterocycles. The van der Waals surface area contributed by atoms with Gasteiger partial charge in [-0.1, -0.05) is 0 Å². The standard InChI is InChI=1S/C7H12N4O/c1-5(10-7(8)12)6-3-9-11(2)4-6/h3-5H,1-2H3,(H3,8,10,12)/t5-/m1/s1.